The van der Waals surface area contributed by atoms with Crippen LogP contribution in [0.2, 0.25) is 0 Å². The van der Waals surface area contributed by atoms with Crippen molar-refractivity contribution >= 4 is 11.8 Å². The predicted octanol–water partition coefficient (Wildman–Crippen LogP) is 3.79. The van der Waals surface area contributed by atoms with Gasteiger partial charge < -0.3 is 24.0 Å². The summed E-state index contributed by atoms with van der Waals surface area (Å²) in [5.41, 5.74) is 2.37. The van der Waals surface area contributed by atoms with Gasteiger partial charge in [0, 0.05) is 57.9 Å². The highest BCUT2D eigenvalue weighted by atomic mass is 19.1. The third kappa shape index (κ3) is 5.73. The van der Waals surface area contributed by atoms with E-state index >= 15 is 0 Å². The maximum atomic E-state index is 13.6. The molecule has 0 atom stereocenters. The summed E-state index contributed by atoms with van der Waals surface area (Å²) >= 11 is 0. The normalized spacial score (nSPS) is 17.6. The highest BCUT2D eigenvalue weighted by molar-refractivity contribution is 5.80. The van der Waals surface area contributed by atoms with Gasteiger partial charge in [-0.25, -0.2) is 4.39 Å². The molecule has 1 saturated carbocycles. The zero-order chi connectivity index (χ0) is 23.2. The topological polar surface area (TPSA) is 62.1 Å². The molecule has 0 radical (unpaired) electrons. The molecule has 0 unspecified atom stereocenters. The summed E-state index contributed by atoms with van der Waals surface area (Å²) in [7, 11) is 3.79. The number of carbonyl (C=O) groups is 1. The molecule has 1 aromatic heterocycles. The molecule has 7 nitrogen and oxygen atoms in total. The minimum atomic E-state index is -0.291. The van der Waals surface area contributed by atoms with Crippen LogP contribution in [0.3, 0.4) is 0 Å². The SMILES string of the molecule is COCCCN(Cc1c(-c2ccc(F)cc2)noc1N1CCN(C)CC1)C(=O)C1CCCC1. The van der Waals surface area contributed by atoms with Gasteiger partial charge in [-0.05, 0) is 50.6 Å². The van der Waals surface area contributed by atoms with Gasteiger partial charge in [0.1, 0.15) is 11.5 Å². The number of piperazine rings is 1. The smallest absolute Gasteiger partial charge is 0.232 e. The fourth-order valence-electron chi connectivity index (χ4n) is 4.82. The lowest BCUT2D eigenvalue weighted by molar-refractivity contribution is -0.136. The summed E-state index contributed by atoms with van der Waals surface area (Å²) in [5.74, 6) is 0.729. The monoisotopic (exact) mass is 458 g/mol. The third-order valence-electron chi connectivity index (χ3n) is 6.82. The Hall–Kier alpha value is -2.45. The van der Waals surface area contributed by atoms with E-state index in [2.05, 4.69) is 22.0 Å². The molecule has 2 heterocycles. The summed E-state index contributed by atoms with van der Waals surface area (Å²) in [6, 6.07) is 6.31. The summed E-state index contributed by atoms with van der Waals surface area (Å²) in [6.45, 7) is 5.20. The summed E-state index contributed by atoms with van der Waals surface area (Å²) in [6.07, 6.45) is 4.92. The highest BCUT2D eigenvalue weighted by Crippen LogP contribution is 2.34. The maximum Gasteiger partial charge on any atom is 0.232 e. The second-order valence-corrected chi connectivity index (χ2v) is 9.20. The predicted molar refractivity (Wildman–Crippen MR) is 125 cm³/mol. The molecule has 180 valence electrons. The number of methoxy groups -OCH3 is 1. The number of aromatic nitrogens is 1. The quantitative estimate of drug-likeness (QED) is 0.533. The van der Waals surface area contributed by atoms with Crippen molar-refractivity contribution in [2.45, 2.75) is 38.6 Å². The number of amides is 1. The van der Waals surface area contributed by atoms with E-state index in [9.17, 15) is 9.18 Å². The number of ether oxygens (including phenoxy) is 1. The number of halogens is 1. The van der Waals surface area contributed by atoms with Crippen molar-refractivity contribution in [1.82, 2.24) is 15.0 Å². The van der Waals surface area contributed by atoms with Crippen molar-refractivity contribution in [3.8, 4) is 11.3 Å². The molecular weight excluding hydrogens is 423 g/mol. The Labute approximate surface area is 195 Å². The zero-order valence-electron chi connectivity index (χ0n) is 19.8. The van der Waals surface area contributed by atoms with Crippen molar-refractivity contribution in [2.75, 3.05) is 58.4 Å². The van der Waals surface area contributed by atoms with Crippen LogP contribution >= 0.6 is 0 Å². The van der Waals surface area contributed by atoms with E-state index in [1.165, 1.54) is 12.1 Å². The minimum Gasteiger partial charge on any atom is -0.385 e. The van der Waals surface area contributed by atoms with Crippen LogP contribution < -0.4 is 4.90 Å². The second-order valence-electron chi connectivity index (χ2n) is 9.20. The molecule has 1 aromatic carbocycles. The van der Waals surface area contributed by atoms with E-state index in [0.717, 1.165) is 75.3 Å². The van der Waals surface area contributed by atoms with Crippen LogP contribution in [-0.2, 0) is 16.1 Å². The molecule has 4 rings (SSSR count). The maximum absolute atomic E-state index is 13.6. The number of hydrogen-bond acceptors (Lipinski definition) is 6. The van der Waals surface area contributed by atoms with Crippen molar-refractivity contribution in [3.63, 3.8) is 0 Å². The van der Waals surface area contributed by atoms with E-state index in [4.69, 9.17) is 9.26 Å². The van der Waals surface area contributed by atoms with Gasteiger partial charge in [0.2, 0.25) is 11.8 Å². The van der Waals surface area contributed by atoms with Crippen LogP contribution in [0.5, 0.6) is 0 Å². The molecule has 33 heavy (non-hydrogen) atoms. The van der Waals surface area contributed by atoms with Gasteiger partial charge >= 0.3 is 0 Å². The van der Waals surface area contributed by atoms with E-state index in [1.807, 2.05) is 4.90 Å². The van der Waals surface area contributed by atoms with Crippen LogP contribution in [0.1, 0.15) is 37.7 Å². The Balaban J connectivity index is 1.65. The van der Waals surface area contributed by atoms with E-state index in [1.54, 1.807) is 19.2 Å². The first-order valence-electron chi connectivity index (χ1n) is 12.0. The average molecular weight is 459 g/mol. The lowest BCUT2D eigenvalue weighted by atomic mass is 10.0. The van der Waals surface area contributed by atoms with Crippen molar-refractivity contribution in [1.29, 1.82) is 0 Å². The van der Waals surface area contributed by atoms with E-state index in [0.29, 0.717) is 25.4 Å². The third-order valence-corrected chi connectivity index (χ3v) is 6.82. The second kappa shape index (κ2) is 11.1. The van der Waals surface area contributed by atoms with Crippen LogP contribution in [0, 0.1) is 11.7 Å². The molecule has 1 amide bonds. The Kier molecular flexibility index (Phi) is 7.98. The minimum absolute atomic E-state index is 0.0914. The van der Waals surface area contributed by atoms with E-state index in [-0.39, 0.29) is 17.6 Å². The van der Waals surface area contributed by atoms with Gasteiger partial charge in [0.15, 0.2) is 0 Å². The fourth-order valence-corrected chi connectivity index (χ4v) is 4.82. The Morgan fingerprint density at radius 3 is 2.55 bits per heavy atom. The zero-order valence-corrected chi connectivity index (χ0v) is 19.8. The molecular formula is C25H35FN4O3. The van der Waals surface area contributed by atoms with Gasteiger partial charge in [-0.1, -0.05) is 18.0 Å². The Morgan fingerprint density at radius 1 is 1.18 bits per heavy atom. The molecule has 0 bridgehead atoms. The molecule has 1 saturated heterocycles. The number of nitrogens with zero attached hydrogens (tertiary/aromatic N) is 4. The lowest BCUT2D eigenvalue weighted by Crippen LogP contribution is -2.45. The van der Waals surface area contributed by atoms with Gasteiger partial charge in [-0.3, -0.25) is 4.79 Å². The first kappa shape index (κ1) is 23.7. The molecule has 1 aliphatic heterocycles. The number of hydrogen-bond donors (Lipinski definition) is 0. The fraction of sp³-hybridized carbons (Fsp3) is 0.600. The molecule has 0 spiro atoms. The number of likely N-dealkylation sites (N-methyl/N-ethyl adjacent to an activating group) is 1. The summed E-state index contributed by atoms with van der Waals surface area (Å²) in [5, 5.41) is 4.40. The number of rotatable bonds is 9. The number of benzene rings is 1. The molecule has 0 N–H and O–H groups in total. The standard InChI is InChI=1S/C25H35FN4O3/c1-28-13-15-29(16-14-28)25-22(23(27-33-25)19-8-10-21(26)11-9-19)18-30(12-5-17-32-2)24(31)20-6-3-4-7-20/h8-11,20H,3-7,12-18H2,1-2H3. The van der Waals surface area contributed by atoms with E-state index < -0.39 is 0 Å². The Morgan fingerprint density at radius 2 is 1.88 bits per heavy atom. The molecule has 2 aliphatic rings. The first-order valence-corrected chi connectivity index (χ1v) is 12.0. The van der Waals surface area contributed by atoms with Crippen LogP contribution in [0.15, 0.2) is 28.8 Å². The first-order chi connectivity index (χ1) is 16.1. The molecule has 2 fully saturated rings. The average Bonchev–Trinajstić information content (AvgIpc) is 3.50. The van der Waals surface area contributed by atoms with Crippen molar-refractivity contribution in [3.05, 3.63) is 35.6 Å². The van der Waals surface area contributed by atoms with Gasteiger partial charge in [-0.2, -0.15) is 0 Å². The van der Waals surface area contributed by atoms with Crippen molar-refractivity contribution in [2.24, 2.45) is 5.92 Å². The van der Waals surface area contributed by atoms with Gasteiger partial charge in [0.05, 0.1) is 12.1 Å². The van der Waals surface area contributed by atoms with Crippen molar-refractivity contribution < 1.29 is 18.4 Å². The highest BCUT2D eigenvalue weighted by Gasteiger charge is 2.31. The molecule has 2 aromatic rings. The molecule has 1 aliphatic carbocycles. The number of anilines is 1. The van der Waals surface area contributed by atoms with Crippen LogP contribution in [0.4, 0.5) is 10.3 Å². The molecule has 8 heteroatoms. The van der Waals surface area contributed by atoms with Crippen LogP contribution in [-0.4, -0.2) is 74.4 Å². The van der Waals surface area contributed by atoms with Crippen LogP contribution in [0.25, 0.3) is 11.3 Å². The van der Waals surface area contributed by atoms with Gasteiger partial charge in [0.25, 0.3) is 0 Å². The lowest BCUT2D eigenvalue weighted by Gasteiger charge is -2.33. The Bertz CT molecular complexity index is 903. The number of carbonyl (C=O) groups excluding carboxylic acids is 1. The summed E-state index contributed by atoms with van der Waals surface area (Å²) in [4.78, 5) is 19.9. The largest absolute Gasteiger partial charge is 0.385 e. The summed E-state index contributed by atoms with van der Waals surface area (Å²) < 4.78 is 24.7. The van der Waals surface area contributed by atoms with Gasteiger partial charge in [-0.15, -0.1) is 0 Å².